The van der Waals surface area contributed by atoms with Crippen molar-refractivity contribution in [1.29, 1.82) is 0 Å². The van der Waals surface area contributed by atoms with Crippen LogP contribution in [0.15, 0.2) is 73.1 Å². The topological polar surface area (TPSA) is 127 Å². The molecule has 0 fully saturated rings. The Morgan fingerprint density at radius 1 is 0.935 bits per heavy atom. The first kappa shape index (κ1) is 54.7. The average Bonchev–Trinajstić information content (AvgIpc) is 2.97. The zero-order valence-electron chi connectivity index (χ0n) is 32.1. The molecule has 13 heteroatoms. The second-order valence-corrected chi connectivity index (χ2v) is 10.8. The quantitative estimate of drug-likeness (QED) is 0.137. The van der Waals surface area contributed by atoms with Crippen molar-refractivity contribution in [1.82, 2.24) is 0 Å². The third-order valence-corrected chi connectivity index (χ3v) is 7.45. The summed E-state index contributed by atoms with van der Waals surface area (Å²) in [5, 5.41) is 38.0. The Kier molecular flexibility index (Phi) is 34.7. The molecule has 0 aromatic carbocycles. The summed E-state index contributed by atoms with van der Waals surface area (Å²) < 4.78 is 26.4. The van der Waals surface area contributed by atoms with Gasteiger partial charge in [0, 0.05) is 55.9 Å². The molecular formula is C33H58B2Li2O9. The van der Waals surface area contributed by atoms with Gasteiger partial charge in [-0.2, -0.15) is 0 Å². The fourth-order valence-corrected chi connectivity index (χ4v) is 4.70. The Morgan fingerprint density at radius 3 is 1.85 bits per heavy atom. The van der Waals surface area contributed by atoms with Crippen molar-refractivity contribution in [3.63, 3.8) is 0 Å². The number of hydrogen-bond acceptors (Lipinski definition) is 9. The van der Waals surface area contributed by atoms with E-state index < -0.39 is 18.5 Å². The van der Waals surface area contributed by atoms with E-state index >= 15 is 0 Å². The molecule has 0 saturated carbocycles. The molecule has 0 saturated heterocycles. The van der Waals surface area contributed by atoms with Gasteiger partial charge in [-0.05, 0) is 31.9 Å². The molecule has 0 bridgehead atoms. The molecule has 0 aliphatic carbocycles. The van der Waals surface area contributed by atoms with Crippen LogP contribution in [-0.2, 0) is 23.7 Å². The molecule has 0 spiro atoms. The fraction of sp³-hybridized carbons (Fsp3) is 0.636. The minimum absolute atomic E-state index is 0. The summed E-state index contributed by atoms with van der Waals surface area (Å²) in [4.78, 5) is 0. The summed E-state index contributed by atoms with van der Waals surface area (Å²) in [6, 6.07) is 0. The molecule has 2 aliphatic rings. The van der Waals surface area contributed by atoms with Crippen LogP contribution in [0.2, 0.25) is 0 Å². The average molecular weight is 634 g/mol. The van der Waals surface area contributed by atoms with E-state index in [4.69, 9.17) is 28.8 Å². The van der Waals surface area contributed by atoms with Gasteiger partial charge in [0.2, 0.25) is 0 Å². The molecule has 6 radical (unpaired) electrons. The van der Waals surface area contributed by atoms with Crippen molar-refractivity contribution < 1.29 is 84.7 Å². The maximum Gasteiger partial charge on any atom is 1.00 e. The van der Waals surface area contributed by atoms with Crippen LogP contribution in [0, 0.1) is 17.8 Å². The smallest absolute Gasteiger partial charge is 1.00 e. The molecule has 46 heavy (non-hydrogen) atoms. The molecule has 0 aromatic heterocycles. The second kappa shape index (κ2) is 29.2. The third-order valence-electron chi connectivity index (χ3n) is 7.45. The van der Waals surface area contributed by atoms with E-state index in [0.717, 1.165) is 16.7 Å². The number of aliphatic hydroxyl groups is 4. The Morgan fingerprint density at radius 2 is 1.43 bits per heavy atom. The predicted molar refractivity (Wildman–Crippen MR) is 180 cm³/mol. The normalized spacial score (nSPS) is 26.8. The third kappa shape index (κ3) is 17.6. The number of aliphatic hydroxyl groups excluding tert-OH is 4. The summed E-state index contributed by atoms with van der Waals surface area (Å²) >= 11 is 0. The Labute approximate surface area is 309 Å². The van der Waals surface area contributed by atoms with Crippen molar-refractivity contribution in [2.45, 2.75) is 90.6 Å². The molecule has 2 heterocycles. The molecule has 9 nitrogen and oxygen atoms in total. The first-order chi connectivity index (χ1) is 19.8. The fourth-order valence-electron chi connectivity index (χ4n) is 4.70. The molecule has 252 valence electrons. The Balaban J connectivity index is -0.0000000989. The number of rotatable bonds is 12. The largest absolute Gasteiger partial charge is 1.00 e. The monoisotopic (exact) mass is 634 g/mol. The summed E-state index contributed by atoms with van der Waals surface area (Å²) in [6.07, 6.45) is 7.49. The van der Waals surface area contributed by atoms with Crippen molar-refractivity contribution in [2.75, 3.05) is 27.9 Å². The van der Waals surface area contributed by atoms with Crippen LogP contribution in [0.5, 0.6) is 0 Å². The predicted octanol–water partition coefficient (Wildman–Crippen LogP) is -2.43. The van der Waals surface area contributed by atoms with Crippen LogP contribution in [-0.4, -0.2) is 114 Å². The van der Waals surface area contributed by atoms with Crippen LogP contribution in [0.4, 0.5) is 0 Å². The first-order valence-electron chi connectivity index (χ1n) is 14.2. The summed E-state index contributed by atoms with van der Waals surface area (Å²) in [5.41, 5.74) is 2.55. The van der Waals surface area contributed by atoms with Gasteiger partial charge in [0.25, 0.3) is 0 Å². The van der Waals surface area contributed by atoms with Gasteiger partial charge < -0.3 is 47.0 Å². The molecule has 0 aromatic rings. The zero-order chi connectivity index (χ0) is 32.6. The van der Waals surface area contributed by atoms with Gasteiger partial charge in [0.15, 0.2) is 6.29 Å². The van der Waals surface area contributed by atoms with Gasteiger partial charge in [-0.1, -0.05) is 56.7 Å². The molecule has 4 N–H and O–H groups in total. The molecule has 2 aliphatic heterocycles. The van der Waals surface area contributed by atoms with Gasteiger partial charge in [-0.15, -0.1) is 19.7 Å². The zero-order valence-corrected chi connectivity index (χ0v) is 30.1. The van der Waals surface area contributed by atoms with E-state index in [-0.39, 0.29) is 112 Å². The minimum atomic E-state index is -0.811. The van der Waals surface area contributed by atoms with Gasteiger partial charge in [0.1, 0.15) is 24.4 Å². The van der Waals surface area contributed by atoms with Crippen molar-refractivity contribution in [2.24, 2.45) is 17.8 Å². The Hall–Kier alpha value is -0.755. The molecule has 11 atom stereocenters. The number of hydrogen-bond donors (Lipinski definition) is 4. The number of ether oxygens (including phenoxy) is 5. The molecule has 0 amide bonds. The van der Waals surface area contributed by atoms with Crippen molar-refractivity contribution >= 4 is 16.8 Å². The molecular weight excluding hydrogens is 576 g/mol. The van der Waals surface area contributed by atoms with E-state index in [1.165, 1.54) is 7.11 Å². The second-order valence-electron chi connectivity index (χ2n) is 10.8. The van der Waals surface area contributed by atoms with E-state index in [1.807, 2.05) is 53.7 Å². The standard InChI is InChI=1S/2C11H18O3.C11H20O3.2B.2Li.2H/c1-5-9(13-4)11-8(3)10(12)7(2)6-14-11;1-5-9(13-4)10-7(2)6-8(3)11(12)14-10;1-5-10(14-4)11(13)9(3)6-8(2)7-12;;;;;;/h5-6,8-12H,1H2,2-4H3;5-7,9-12H,1H2,2-4H3;5-6,9-13H,1,7H2,2-4H3;;;;;;/q;;;;;2*+1;2*-1/b;;8-6-;;;;;;/t8-,9+,10?,11?;7-,9+,10?,11?;9-,10+,11+;;;;;;/m111....../s1. The maximum atomic E-state index is 9.82. The van der Waals surface area contributed by atoms with Gasteiger partial charge >= 0.3 is 37.7 Å². The van der Waals surface area contributed by atoms with Crippen LogP contribution in [0.1, 0.15) is 44.4 Å². The summed E-state index contributed by atoms with van der Waals surface area (Å²) in [7, 11) is 4.75. The minimum Gasteiger partial charge on any atom is -1.00 e. The maximum absolute atomic E-state index is 9.82. The van der Waals surface area contributed by atoms with E-state index in [9.17, 15) is 15.3 Å². The molecule has 2 rings (SSSR count). The van der Waals surface area contributed by atoms with Gasteiger partial charge in [0.05, 0.1) is 31.2 Å². The van der Waals surface area contributed by atoms with E-state index in [0.29, 0.717) is 0 Å². The SMILES string of the molecule is C=C[C@H](OC)C1OC(O)C(C)=C[C@H]1C.C=C[C@H](OC)C1OC=C(C)C(O)[C@H]1C.C=C[C@H](OC)[C@@H](O)[C@H](C)/C=C(/C)CO.[B].[B].[H-].[H-].[Li+].[Li+]. The van der Waals surface area contributed by atoms with E-state index in [2.05, 4.69) is 19.7 Å². The van der Waals surface area contributed by atoms with Crippen LogP contribution in [0.3, 0.4) is 0 Å². The van der Waals surface area contributed by atoms with E-state index in [1.54, 1.807) is 38.7 Å². The summed E-state index contributed by atoms with van der Waals surface area (Å²) in [6.45, 7) is 22.3. The first-order valence-corrected chi connectivity index (χ1v) is 14.2. The van der Waals surface area contributed by atoms with Gasteiger partial charge in [-0.3, -0.25) is 0 Å². The van der Waals surface area contributed by atoms with Crippen molar-refractivity contribution in [3.8, 4) is 0 Å². The van der Waals surface area contributed by atoms with Gasteiger partial charge in [-0.25, -0.2) is 0 Å². The summed E-state index contributed by atoms with van der Waals surface area (Å²) in [5.74, 6) is 0.175. The van der Waals surface area contributed by atoms with Crippen molar-refractivity contribution in [3.05, 3.63) is 73.1 Å². The Bertz CT molecular complexity index is 918. The van der Waals surface area contributed by atoms with Crippen LogP contribution in [0.25, 0.3) is 0 Å². The van der Waals surface area contributed by atoms with Crippen LogP contribution >= 0.6 is 0 Å². The molecule has 4 unspecified atom stereocenters. The van der Waals surface area contributed by atoms with Crippen LogP contribution < -0.4 is 37.7 Å². The number of methoxy groups -OCH3 is 3.